The molecule has 6 nitrogen and oxygen atoms in total. The fraction of sp³-hybridized carbons (Fsp3) is 0.739. The Hall–Kier alpha value is -1.60. The normalized spacial score (nSPS) is 28.8. The number of thiophene rings is 1. The van der Waals surface area contributed by atoms with Gasteiger partial charge in [-0.25, -0.2) is 0 Å². The summed E-state index contributed by atoms with van der Waals surface area (Å²) >= 11 is 1.86. The molecule has 1 aliphatic carbocycles. The Kier molecular flexibility index (Phi) is 7.31. The molecule has 7 heteroatoms. The molecule has 2 saturated heterocycles. The van der Waals surface area contributed by atoms with Gasteiger partial charge in [-0.15, -0.1) is 11.3 Å². The summed E-state index contributed by atoms with van der Waals surface area (Å²) in [4.78, 5) is 23.2. The molecule has 0 spiro atoms. The summed E-state index contributed by atoms with van der Waals surface area (Å²) in [5.41, 5.74) is 0. The number of hydrogen-bond acceptors (Lipinski definition) is 4. The molecule has 0 aromatic carbocycles. The zero-order valence-electron chi connectivity index (χ0n) is 18.5. The second-order valence-corrected chi connectivity index (χ2v) is 10.2. The fourth-order valence-corrected chi connectivity index (χ4v) is 6.49. The number of nitrogens with one attached hydrogen (secondary N) is 2. The van der Waals surface area contributed by atoms with E-state index in [1.807, 2.05) is 18.4 Å². The van der Waals surface area contributed by atoms with E-state index in [0.29, 0.717) is 23.9 Å². The monoisotopic (exact) mass is 431 g/mol. The van der Waals surface area contributed by atoms with Crippen molar-refractivity contribution in [3.05, 3.63) is 22.4 Å². The van der Waals surface area contributed by atoms with Crippen molar-refractivity contribution in [3.63, 3.8) is 0 Å². The smallest absolute Gasteiger partial charge is 0.225 e. The molecule has 0 bridgehead atoms. The zero-order chi connectivity index (χ0) is 20.9. The lowest BCUT2D eigenvalue weighted by molar-refractivity contribution is -0.134. The van der Waals surface area contributed by atoms with Crippen molar-refractivity contribution >= 4 is 23.2 Å². The number of guanidine groups is 1. The highest BCUT2D eigenvalue weighted by Gasteiger charge is 2.33. The zero-order valence-corrected chi connectivity index (χ0v) is 19.3. The van der Waals surface area contributed by atoms with E-state index in [2.05, 4.69) is 50.0 Å². The molecule has 166 valence electrons. The average molecular weight is 432 g/mol. The third kappa shape index (κ3) is 4.99. The van der Waals surface area contributed by atoms with E-state index in [1.165, 1.54) is 37.1 Å². The van der Waals surface area contributed by atoms with Gasteiger partial charge in [0.25, 0.3) is 0 Å². The summed E-state index contributed by atoms with van der Waals surface area (Å²) in [6.45, 7) is 3.76. The molecule has 1 amide bonds. The molecule has 1 saturated carbocycles. The Morgan fingerprint density at radius 1 is 1.20 bits per heavy atom. The molecular formula is C23H37N5OS. The largest absolute Gasteiger partial charge is 0.356 e. The van der Waals surface area contributed by atoms with E-state index in [1.54, 1.807) is 0 Å². The van der Waals surface area contributed by atoms with Crippen LogP contribution in [-0.4, -0.2) is 68.0 Å². The van der Waals surface area contributed by atoms with Gasteiger partial charge in [0.2, 0.25) is 5.91 Å². The third-order valence-corrected chi connectivity index (χ3v) is 8.09. The molecule has 3 atom stereocenters. The van der Waals surface area contributed by atoms with Crippen LogP contribution < -0.4 is 10.6 Å². The summed E-state index contributed by atoms with van der Waals surface area (Å²) in [5.74, 6) is 2.10. The second-order valence-electron chi connectivity index (χ2n) is 9.19. The van der Waals surface area contributed by atoms with Crippen molar-refractivity contribution in [1.29, 1.82) is 0 Å². The molecular weight excluding hydrogens is 394 g/mol. The molecule has 2 aliphatic heterocycles. The van der Waals surface area contributed by atoms with Crippen LogP contribution in [-0.2, 0) is 4.79 Å². The van der Waals surface area contributed by atoms with Crippen LogP contribution in [0.4, 0.5) is 0 Å². The molecule has 1 aromatic heterocycles. The first-order valence-corrected chi connectivity index (χ1v) is 12.5. The van der Waals surface area contributed by atoms with E-state index in [9.17, 15) is 4.79 Å². The van der Waals surface area contributed by atoms with Crippen molar-refractivity contribution in [3.8, 4) is 0 Å². The van der Waals surface area contributed by atoms with Crippen molar-refractivity contribution in [2.75, 3.05) is 40.3 Å². The highest BCUT2D eigenvalue weighted by molar-refractivity contribution is 7.10. The van der Waals surface area contributed by atoms with Crippen LogP contribution >= 0.6 is 11.3 Å². The van der Waals surface area contributed by atoms with Gasteiger partial charge in [-0.05, 0) is 63.1 Å². The van der Waals surface area contributed by atoms with Crippen molar-refractivity contribution in [1.82, 2.24) is 20.4 Å². The maximum absolute atomic E-state index is 12.7. The number of carbonyl (C=O) groups excluding carboxylic acids is 1. The molecule has 3 heterocycles. The second kappa shape index (κ2) is 10.1. The van der Waals surface area contributed by atoms with E-state index in [0.717, 1.165) is 44.9 Å². The number of amides is 1. The molecule has 30 heavy (non-hydrogen) atoms. The highest BCUT2D eigenvalue weighted by atomic mass is 32.1. The van der Waals surface area contributed by atoms with Crippen LogP contribution in [0.5, 0.6) is 0 Å². The van der Waals surface area contributed by atoms with Gasteiger partial charge in [-0.1, -0.05) is 18.9 Å². The Labute approximate surface area is 185 Å². The van der Waals surface area contributed by atoms with Crippen LogP contribution in [0.2, 0.25) is 0 Å². The van der Waals surface area contributed by atoms with E-state index >= 15 is 0 Å². The van der Waals surface area contributed by atoms with Gasteiger partial charge in [-0.2, -0.15) is 0 Å². The Balaban J connectivity index is 1.28. The predicted molar refractivity (Wildman–Crippen MR) is 124 cm³/mol. The van der Waals surface area contributed by atoms with E-state index in [-0.39, 0.29) is 5.92 Å². The lowest BCUT2D eigenvalue weighted by atomic mass is 9.88. The molecule has 2 N–H and O–H groups in total. The maximum atomic E-state index is 12.7. The van der Waals surface area contributed by atoms with Crippen LogP contribution in [0.25, 0.3) is 0 Å². The number of piperidine rings is 1. The van der Waals surface area contributed by atoms with Crippen molar-refractivity contribution in [2.45, 2.75) is 57.0 Å². The maximum Gasteiger partial charge on any atom is 0.225 e. The number of carbonyl (C=O) groups is 1. The number of hydrogen-bond donors (Lipinski definition) is 2. The topological polar surface area (TPSA) is 60.0 Å². The minimum atomic E-state index is 0.277. The summed E-state index contributed by atoms with van der Waals surface area (Å²) in [6, 6.07) is 5.21. The SMILES string of the molecule is CN=C(NCC1CCCN(C)C1c1cccs1)NC1CCN(C(=O)C2CCCC2)C1. The summed E-state index contributed by atoms with van der Waals surface area (Å²) in [6.07, 6.45) is 8.08. The van der Waals surface area contributed by atoms with Gasteiger partial charge in [0.05, 0.1) is 0 Å². The van der Waals surface area contributed by atoms with Crippen LogP contribution in [0, 0.1) is 11.8 Å². The third-order valence-electron chi connectivity index (χ3n) is 7.14. The Morgan fingerprint density at radius 2 is 2.03 bits per heavy atom. The number of rotatable bonds is 5. The molecule has 3 fully saturated rings. The first-order chi connectivity index (χ1) is 14.7. The fourth-order valence-electron chi connectivity index (χ4n) is 5.51. The lowest BCUT2D eigenvalue weighted by Gasteiger charge is -2.39. The molecule has 4 rings (SSSR count). The Bertz CT molecular complexity index is 715. The quantitative estimate of drug-likeness (QED) is 0.556. The lowest BCUT2D eigenvalue weighted by Crippen LogP contribution is -2.48. The number of aliphatic imine (C=N–C) groups is 1. The van der Waals surface area contributed by atoms with Gasteiger partial charge in [0.15, 0.2) is 5.96 Å². The molecule has 0 radical (unpaired) electrons. The van der Waals surface area contributed by atoms with Gasteiger partial charge in [-0.3, -0.25) is 14.7 Å². The Morgan fingerprint density at radius 3 is 2.77 bits per heavy atom. The summed E-state index contributed by atoms with van der Waals surface area (Å²) < 4.78 is 0. The predicted octanol–water partition coefficient (Wildman–Crippen LogP) is 3.09. The highest BCUT2D eigenvalue weighted by Crippen LogP contribution is 2.36. The molecule has 1 aromatic rings. The van der Waals surface area contributed by atoms with E-state index in [4.69, 9.17) is 0 Å². The van der Waals surface area contributed by atoms with E-state index < -0.39 is 0 Å². The standard InChI is InChI=1S/C23H37N5OS/c1-24-23(26-19-11-13-28(16-19)22(29)17-7-3-4-8-17)25-15-18-9-5-12-27(2)21(18)20-10-6-14-30-20/h6,10,14,17-19,21H,3-5,7-9,11-13,15-16H2,1-2H3,(H2,24,25,26). The van der Waals surface area contributed by atoms with Crippen molar-refractivity contribution < 1.29 is 4.79 Å². The van der Waals surface area contributed by atoms with Crippen LogP contribution in [0.1, 0.15) is 55.9 Å². The van der Waals surface area contributed by atoms with Gasteiger partial charge < -0.3 is 15.5 Å². The first-order valence-electron chi connectivity index (χ1n) is 11.7. The van der Waals surface area contributed by atoms with Gasteiger partial charge >= 0.3 is 0 Å². The summed E-state index contributed by atoms with van der Waals surface area (Å²) in [7, 11) is 4.09. The van der Waals surface area contributed by atoms with Gasteiger partial charge in [0.1, 0.15) is 0 Å². The number of nitrogens with zero attached hydrogens (tertiary/aromatic N) is 3. The average Bonchev–Trinajstić information content (AvgIpc) is 3.53. The van der Waals surface area contributed by atoms with Crippen LogP contribution in [0.3, 0.4) is 0 Å². The summed E-state index contributed by atoms with van der Waals surface area (Å²) in [5, 5.41) is 9.35. The molecule has 3 aliphatic rings. The first kappa shape index (κ1) is 21.6. The minimum Gasteiger partial charge on any atom is -0.356 e. The molecule has 3 unspecified atom stereocenters. The van der Waals surface area contributed by atoms with Crippen LogP contribution in [0.15, 0.2) is 22.5 Å². The number of likely N-dealkylation sites (tertiary alicyclic amines) is 2. The minimum absolute atomic E-state index is 0.277. The van der Waals surface area contributed by atoms with Gasteiger partial charge in [0, 0.05) is 49.6 Å². The van der Waals surface area contributed by atoms with Crippen molar-refractivity contribution in [2.24, 2.45) is 16.8 Å².